The van der Waals surface area contributed by atoms with Crippen molar-refractivity contribution in [3.8, 4) is 0 Å². The number of nitrogens with zero attached hydrogens (tertiary/aromatic N) is 1. The van der Waals surface area contributed by atoms with Crippen molar-refractivity contribution < 1.29 is 9.90 Å². The van der Waals surface area contributed by atoms with Gasteiger partial charge in [-0.2, -0.15) is 4.99 Å². The first-order valence-corrected chi connectivity index (χ1v) is 9.07. The maximum Gasteiger partial charge on any atom is 0.264 e. The number of carbonyl (C=O) groups is 1. The van der Waals surface area contributed by atoms with Gasteiger partial charge in [0.15, 0.2) is 0 Å². The summed E-state index contributed by atoms with van der Waals surface area (Å²) in [6.07, 6.45) is 7.46. The average Bonchev–Trinajstić information content (AvgIpc) is 2.45. The molecule has 1 aliphatic rings. The zero-order valence-electron chi connectivity index (χ0n) is 15.0. The van der Waals surface area contributed by atoms with E-state index < -0.39 is 10.2 Å². The van der Waals surface area contributed by atoms with Gasteiger partial charge in [0.2, 0.25) is 0 Å². The largest absolute Gasteiger partial charge is 0.512 e. The van der Waals surface area contributed by atoms with E-state index in [0.717, 1.165) is 12.8 Å². The molecule has 23 heavy (non-hydrogen) atoms. The first kappa shape index (κ1) is 20.0. The molecule has 0 radical (unpaired) electrons. The monoisotopic (exact) mass is 341 g/mol. The number of allylic oxidation sites excluding steroid dienone is 1. The third-order valence-corrected chi connectivity index (χ3v) is 5.02. The van der Waals surface area contributed by atoms with Crippen molar-refractivity contribution in [1.82, 2.24) is 4.72 Å². The minimum absolute atomic E-state index is 0.0359. The van der Waals surface area contributed by atoms with Crippen molar-refractivity contribution >= 4 is 23.7 Å². The molecule has 0 heterocycles. The second-order valence-electron chi connectivity index (χ2n) is 7.69. The highest BCUT2D eigenvalue weighted by atomic mass is 32.2. The summed E-state index contributed by atoms with van der Waals surface area (Å²) in [5.41, 5.74) is 5.35. The molecular weight excluding hydrogens is 310 g/mol. The molecule has 1 amide bonds. The van der Waals surface area contributed by atoms with Crippen LogP contribution in [-0.2, 0) is 4.79 Å². The lowest BCUT2D eigenvalue weighted by Crippen LogP contribution is -2.35. The van der Waals surface area contributed by atoms with E-state index in [2.05, 4.69) is 9.71 Å². The van der Waals surface area contributed by atoms with Gasteiger partial charge in [0.05, 0.1) is 0 Å². The van der Waals surface area contributed by atoms with Crippen LogP contribution in [0.15, 0.2) is 16.8 Å². The molecule has 0 aromatic heterocycles. The van der Waals surface area contributed by atoms with E-state index in [-0.39, 0.29) is 17.5 Å². The fourth-order valence-corrected chi connectivity index (χ4v) is 2.97. The SMILES string of the molecule is CC(C)(SNC1CCCCC1)C(=O)N=C(N)/C=C(\O)C(C)(C)C. The van der Waals surface area contributed by atoms with E-state index in [4.69, 9.17) is 5.73 Å². The summed E-state index contributed by atoms with van der Waals surface area (Å²) in [5, 5.41) is 9.92. The number of nitrogens with one attached hydrogen (secondary N) is 1. The molecule has 1 fully saturated rings. The van der Waals surface area contributed by atoms with Crippen LogP contribution < -0.4 is 10.5 Å². The van der Waals surface area contributed by atoms with Crippen LogP contribution in [0.2, 0.25) is 0 Å². The Morgan fingerprint density at radius 2 is 1.78 bits per heavy atom. The van der Waals surface area contributed by atoms with Gasteiger partial charge in [-0.1, -0.05) is 52.0 Å². The van der Waals surface area contributed by atoms with Crippen LogP contribution in [0.3, 0.4) is 0 Å². The zero-order chi connectivity index (χ0) is 17.7. The van der Waals surface area contributed by atoms with E-state index in [1.807, 2.05) is 34.6 Å². The molecule has 4 N–H and O–H groups in total. The minimum atomic E-state index is -0.701. The number of hydrogen-bond donors (Lipinski definition) is 3. The van der Waals surface area contributed by atoms with Gasteiger partial charge in [-0.15, -0.1) is 0 Å². The average molecular weight is 342 g/mol. The highest BCUT2D eigenvalue weighted by Gasteiger charge is 2.30. The predicted octanol–water partition coefficient (Wildman–Crippen LogP) is 3.71. The van der Waals surface area contributed by atoms with Gasteiger partial charge in [-0.3, -0.25) is 9.52 Å². The summed E-state index contributed by atoms with van der Waals surface area (Å²) in [6.45, 7) is 9.26. The third kappa shape index (κ3) is 6.96. The molecule has 0 unspecified atom stereocenters. The van der Waals surface area contributed by atoms with Gasteiger partial charge in [-0.05, 0) is 26.7 Å². The number of rotatable bonds is 5. The quantitative estimate of drug-likeness (QED) is 0.307. The second kappa shape index (κ2) is 8.20. The molecular formula is C17H31N3O2S. The third-order valence-electron chi connectivity index (χ3n) is 3.88. The smallest absolute Gasteiger partial charge is 0.264 e. The highest BCUT2D eigenvalue weighted by molar-refractivity contribution is 7.99. The minimum Gasteiger partial charge on any atom is -0.512 e. The first-order valence-electron chi connectivity index (χ1n) is 8.25. The van der Waals surface area contributed by atoms with Gasteiger partial charge >= 0.3 is 0 Å². The number of aliphatic hydroxyl groups is 1. The second-order valence-corrected chi connectivity index (χ2v) is 9.15. The van der Waals surface area contributed by atoms with E-state index in [0.29, 0.717) is 6.04 Å². The van der Waals surface area contributed by atoms with Crippen molar-refractivity contribution in [3.63, 3.8) is 0 Å². The Bertz CT molecular complexity index is 473. The number of carbonyl (C=O) groups excluding carboxylic acids is 1. The zero-order valence-corrected chi connectivity index (χ0v) is 15.8. The van der Waals surface area contributed by atoms with Crippen molar-refractivity contribution in [2.24, 2.45) is 16.1 Å². The molecule has 0 saturated heterocycles. The summed E-state index contributed by atoms with van der Waals surface area (Å²) in [4.78, 5) is 16.3. The fraction of sp³-hybridized carbons (Fsp3) is 0.765. The van der Waals surface area contributed by atoms with Crippen LogP contribution in [-0.4, -0.2) is 27.6 Å². The molecule has 132 valence electrons. The lowest BCUT2D eigenvalue weighted by Gasteiger charge is -2.27. The molecule has 6 heteroatoms. The number of hydrogen-bond acceptors (Lipinski definition) is 4. The summed E-state index contributed by atoms with van der Waals surface area (Å²) in [6, 6.07) is 0.465. The molecule has 0 spiro atoms. The fourth-order valence-electron chi connectivity index (χ4n) is 2.14. The van der Waals surface area contributed by atoms with Gasteiger partial charge in [-0.25, -0.2) is 0 Å². The Balaban J connectivity index is 2.64. The Morgan fingerprint density at radius 1 is 1.22 bits per heavy atom. The Morgan fingerprint density at radius 3 is 2.30 bits per heavy atom. The normalized spacial score (nSPS) is 19.0. The Kier molecular flexibility index (Phi) is 7.14. The maximum atomic E-state index is 12.3. The van der Waals surface area contributed by atoms with Crippen LogP contribution >= 0.6 is 11.9 Å². The summed E-state index contributed by atoms with van der Waals surface area (Å²) < 4.78 is 2.70. The van der Waals surface area contributed by atoms with Crippen molar-refractivity contribution in [1.29, 1.82) is 0 Å². The van der Waals surface area contributed by atoms with E-state index in [1.54, 1.807) is 0 Å². The van der Waals surface area contributed by atoms with Crippen molar-refractivity contribution in [2.75, 3.05) is 0 Å². The van der Waals surface area contributed by atoms with Gasteiger partial charge in [0.25, 0.3) is 5.91 Å². The number of nitrogens with two attached hydrogens (primary N) is 1. The van der Waals surface area contributed by atoms with Crippen LogP contribution in [0, 0.1) is 5.41 Å². The predicted molar refractivity (Wildman–Crippen MR) is 98.5 cm³/mol. The summed E-state index contributed by atoms with van der Waals surface area (Å²) >= 11 is 1.41. The van der Waals surface area contributed by atoms with E-state index in [1.165, 1.54) is 37.3 Å². The van der Waals surface area contributed by atoms with Gasteiger partial charge < -0.3 is 10.8 Å². The summed E-state index contributed by atoms with van der Waals surface area (Å²) in [5.74, 6) is -0.160. The number of aliphatic hydroxyl groups excluding tert-OH is 1. The molecule has 0 aromatic carbocycles. The van der Waals surface area contributed by atoms with Crippen LogP contribution in [0.25, 0.3) is 0 Å². The lowest BCUT2D eigenvalue weighted by molar-refractivity contribution is -0.119. The molecule has 0 aromatic rings. The van der Waals surface area contributed by atoms with Crippen LogP contribution in [0.5, 0.6) is 0 Å². The number of aliphatic imine (C=N–C) groups is 1. The van der Waals surface area contributed by atoms with E-state index >= 15 is 0 Å². The lowest BCUT2D eigenvalue weighted by atomic mass is 9.93. The Hall–Kier alpha value is -1.01. The van der Waals surface area contributed by atoms with Crippen molar-refractivity contribution in [2.45, 2.75) is 77.5 Å². The molecule has 0 aliphatic heterocycles. The van der Waals surface area contributed by atoms with Crippen LogP contribution in [0.4, 0.5) is 0 Å². The molecule has 1 aliphatic carbocycles. The molecule has 0 bridgehead atoms. The topological polar surface area (TPSA) is 87.7 Å². The van der Waals surface area contributed by atoms with Crippen molar-refractivity contribution in [3.05, 3.63) is 11.8 Å². The number of amides is 1. The van der Waals surface area contributed by atoms with E-state index in [9.17, 15) is 9.90 Å². The molecule has 1 saturated carbocycles. The highest BCUT2D eigenvalue weighted by Crippen LogP contribution is 2.27. The van der Waals surface area contributed by atoms with Crippen LogP contribution in [0.1, 0.15) is 66.7 Å². The summed E-state index contributed by atoms with van der Waals surface area (Å²) in [7, 11) is 0. The maximum absolute atomic E-state index is 12.3. The number of amidine groups is 1. The van der Waals surface area contributed by atoms with Gasteiger partial charge in [0.1, 0.15) is 16.3 Å². The first-order chi connectivity index (χ1) is 10.5. The molecule has 1 rings (SSSR count). The van der Waals surface area contributed by atoms with Gasteiger partial charge in [0, 0.05) is 17.5 Å². The standard InChI is InChI=1S/C17H31N3O2S/c1-16(2,3)13(21)11-14(18)19-15(22)17(4,5)23-20-12-9-7-6-8-10-12/h11-12,20-21H,6-10H2,1-5H3,(H2,18,19,22)/b13-11-. The molecule has 0 atom stereocenters. The molecule has 5 nitrogen and oxygen atoms in total. The Labute approximate surface area is 144 Å².